The molecule has 0 saturated heterocycles. The molecular weight excluding hydrogens is 302 g/mol. The summed E-state index contributed by atoms with van der Waals surface area (Å²) in [6.45, 7) is 0. The third-order valence-electron chi connectivity index (χ3n) is 2.62. The van der Waals surface area contributed by atoms with E-state index in [4.69, 9.17) is 5.26 Å². The van der Waals surface area contributed by atoms with Crippen LogP contribution in [0.5, 0.6) is 0 Å². The average molecular weight is 310 g/mol. The van der Waals surface area contributed by atoms with E-state index in [2.05, 4.69) is 0 Å². The summed E-state index contributed by atoms with van der Waals surface area (Å²) in [7, 11) is 0.800. The Hall–Kier alpha value is -2.24. The molecule has 0 aliphatic rings. The molecule has 0 saturated carbocycles. The zero-order valence-corrected chi connectivity index (χ0v) is 10.5. The summed E-state index contributed by atoms with van der Waals surface area (Å²) in [4.78, 5) is 11.8. The zero-order chi connectivity index (χ0) is 16.4. The molecule has 0 heterocycles. The number of amides is 1. The molecule has 114 valence electrons. The first kappa shape index (κ1) is 16.8. The van der Waals surface area contributed by atoms with E-state index in [-0.39, 0.29) is 16.2 Å². The van der Waals surface area contributed by atoms with E-state index in [0.717, 1.165) is 19.2 Å². The molecule has 0 fully saturated rings. The van der Waals surface area contributed by atoms with Gasteiger partial charge in [0.2, 0.25) is 11.8 Å². The number of carbonyl (C=O) groups is 1. The van der Waals surface area contributed by atoms with Crippen molar-refractivity contribution in [1.82, 2.24) is 0 Å². The van der Waals surface area contributed by atoms with E-state index in [1.807, 2.05) is 0 Å². The molecule has 0 unspecified atom stereocenters. The van der Waals surface area contributed by atoms with Gasteiger partial charge in [-0.2, -0.15) is 31.6 Å². The van der Waals surface area contributed by atoms with Crippen molar-refractivity contribution in [2.45, 2.75) is 12.4 Å². The fourth-order valence-electron chi connectivity index (χ4n) is 1.55. The smallest absolute Gasteiger partial charge is 0.315 e. The van der Waals surface area contributed by atoms with Gasteiger partial charge in [0.05, 0.1) is 11.6 Å². The Morgan fingerprint density at radius 3 is 1.86 bits per heavy atom. The van der Waals surface area contributed by atoms with Crippen LogP contribution in [0.3, 0.4) is 0 Å². The van der Waals surface area contributed by atoms with Crippen LogP contribution in [0.25, 0.3) is 0 Å². The number of hydrogen-bond donors (Lipinski definition) is 0. The molecule has 1 rings (SSSR count). The summed E-state index contributed by atoms with van der Waals surface area (Å²) in [5, 5.41) is 8.55. The van der Waals surface area contributed by atoms with Crippen molar-refractivity contribution < 1.29 is 31.1 Å². The molecule has 0 radical (unpaired) electrons. The maximum atomic E-state index is 12.5. The van der Waals surface area contributed by atoms with Gasteiger partial charge < -0.3 is 4.90 Å². The van der Waals surface area contributed by atoms with Crippen LogP contribution >= 0.6 is 0 Å². The fraction of sp³-hybridized carbons (Fsp3) is 0.333. The molecule has 9 heteroatoms. The lowest BCUT2D eigenvalue weighted by Crippen LogP contribution is -2.48. The molecule has 3 nitrogen and oxygen atoms in total. The molecule has 0 atom stereocenters. The maximum absolute atomic E-state index is 12.5. The molecule has 0 aromatic heterocycles. The SMILES string of the molecule is CN(C(=O)C(C(F)(F)F)C(F)(F)F)c1ccc(C#N)cc1. The number of carbonyl (C=O) groups excluding carboxylic acids is 1. The quantitative estimate of drug-likeness (QED) is 0.787. The van der Waals surface area contributed by atoms with Crippen LogP contribution in [0.15, 0.2) is 24.3 Å². The Balaban J connectivity index is 3.12. The molecule has 21 heavy (non-hydrogen) atoms. The maximum Gasteiger partial charge on any atom is 0.409 e. The summed E-state index contributed by atoms with van der Waals surface area (Å²) in [5.41, 5.74) is -0.0275. The van der Waals surface area contributed by atoms with E-state index >= 15 is 0 Å². The third-order valence-corrected chi connectivity index (χ3v) is 2.62. The molecule has 0 spiro atoms. The van der Waals surface area contributed by atoms with Gasteiger partial charge in [-0.05, 0) is 24.3 Å². The minimum Gasteiger partial charge on any atom is -0.315 e. The van der Waals surface area contributed by atoms with Gasteiger partial charge in [-0.3, -0.25) is 4.79 Å². The van der Waals surface area contributed by atoms with Gasteiger partial charge in [0.1, 0.15) is 0 Å². The molecule has 0 bridgehead atoms. The van der Waals surface area contributed by atoms with Crippen LogP contribution in [0.1, 0.15) is 5.56 Å². The number of halogens is 6. The topological polar surface area (TPSA) is 44.1 Å². The van der Waals surface area contributed by atoms with Crippen molar-refractivity contribution in [3.05, 3.63) is 29.8 Å². The second-order valence-corrected chi connectivity index (χ2v) is 4.07. The Morgan fingerprint density at radius 2 is 1.52 bits per heavy atom. The Morgan fingerprint density at radius 1 is 1.10 bits per heavy atom. The molecular formula is C12H8F6N2O. The first-order valence-electron chi connectivity index (χ1n) is 5.39. The minimum absolute atomic E-state index is 0.155. The van der Waals surface area contributed by atoms with E-state index < -0.39 is 24.2 Å². The van der Waals surface area contributed by atoms with Gasteiger partial charge >= 0.3 is 12.4 Å². The van der Waals surface area contributed by atoms with Crippen molar-refractivity contribution in [2.24, 2.45) is 5.92 Å². The Bertz CT molecular complexity index is 541. The number of alkyl halides is 6. The van der Waals surface area contributed by atoms with Gasteiger partial charge in [0.15, 0.2) is 0 Å². The number of benzene rings is 1. The molecule has 0 aliphatic heterocycles. The van der Waals surface area contributed by atoms with Gasteiger partial charge in [0, 0.05) is 12.7 Å². The van der Waals surface area contributed by atoms with Gasteiger partial charge in [-0.25, -0.2) is 0 Å². The van der Waals surface area contributed by atoms with Crippen LogP contribution in [0.4, 0.5) is 32.0 Å². The largest absolute Gasteiger partial charge is 0.409 e. The van der Waals surface area contributed by atoms with Crippen LogP contribution in [0.2, 0.25) is 0 Å². The number of anilines is 1. The summed E-state index contributed by atoms with van der Waals surface area (Å²) >= 11 is 0. The summed E-state index contributed by atoms with van der Waals surface area (Å²) in [6.07, 6.45) is -11.5. The van der Waals surface area contributed by atoms with Crippen molar-refractivity contribution in [3.8, 4) is 6.07 Å². The first-order valence-corrected chi connectivity index (χ1v) is 5.39. The standard InChI is InChI=1S/C12H8F6N2O/c1-20(8-4-2-7(6-19)3-5-8)10(21)9(11(13,14)15)12(16,17)18/h2-5,9H,1H3. The highest BCUT2D eigenvalue weighted by atomic mass is 19.4. The van der Waals surface area contributed by atoms with Crippen molar-refractivity contribution in [3.63, 3.8) is 0 Å². The van der Waals surface area contributed by atoms with E-state index in [1.54, 1.807) is 6.07 Å². The summed E-state index contributed by atoms with van der Waals surface area (Å²) in [5.74, 6) is -6.23. The number of nitrogens with zero attached hydrogens (tertiary/aromatic N) is 2. The fourth-order valence-corrected chi connectivity index (χ4v) is 1.55. The monoisotopic (exact) mass is 310 g/mol. The molecule has 0 N–H and O–H groups in total. The molecule has 1 amide bonds. The van der Waals surface area contributed by atoms with Crippen molar-refractivity contribution in [2.75, 3.05) is 11.9 Å². The number of nitriles is 1. The van der Waals surface area contributed by atoms with Gasteiger partial charge in [-0.15, -0.1) is 0 Å². The summed E-state index contributed by atoms with van der Waals surface area (Å²) in [6, 6.07) is 6.25. The van der Waals surface area contributed by atoms with Crippen LogP contribution in [-0.2, 0) is 4.79 Å². The Kier molecular flexibility index (Phi) is 4.51. The molecule has 1 aromatic carbocycles. The number of rotatable bonds is 2. The second-order valence-electron chi connectivity index (χ2n) is 4.07. The van der Waals surface area contributed by atoms with Gasteiger partial charge in [0.25, 0.3) is 0 Å². The highest BCUT2D eigenvalue weighted by molar-refractivity contribution is 5.95. The minimum atomic E-state index is -5.74. The lowest BCUT2D eigenvalue weighted by atomic mass is 10.1. The predicted molar refractivity (Wildman–Crippen MR) is 60.2 cm³/mol. The van der Waals surface area contributed by atoms with Crippen LogP contribution < -0.4 is 4.90 Å². The zero-order valence-electron chi connectivity index (χ0n) is 10.5. The Labute approximate surface area is 115 Å². The third kappa shape index (κ3) is 3.87. The van der Waals surface area contributed by atoms with Crippen molar-refractivity contribution in [1.29, 1.82) is 5.26 Å². The van der Waals surface area contributed by atoms with E-state index in [0.29, 0.717) is 0 Å². The van der Waals surface area contributed by atoms with Crippen molar-refractivity contribution >= 4 is 11.6 Å². The highest BCUT2D eigenvalue weighted by Crippen LogP contribution is 2.40. The second kappa shape index (κ2) is 5.63. The lowest BCUT2D eigenvalue weighted by Gasteiger charge is -2.27. The first-order chi connectivity index (χ1) is 9.48. The van der Waals surface area contributed by atoms with E-state index in [1.165, 1.54) is 12.1 Å². The normalized spacial score (nSPS) is 12.1. The predicted octanol–water partition coefficient (Wildman–Crippen LogP) is 3.26. The highest BCUT2D eigenvalue weighted by Gasteiger charge is 2.61. The van der Waals surface area contributed by atoms with Crippen LogP contribution in [-0.4, -0.2) is 25.3 Å². The van der Waals surface area contributed by atoms with Gasteiger partial charge in [-0.1, -0.05) is 0 Å². The van der Waals surface area contributed by atoms with Crippen LogP contribution in [0, 0.1) is 17.2 Å². The molecule has 1 aromatic rings. The lowest BCUT2D eigenvalue weighted by molar-refractivity contribution is -0.273. The molecule has 0 aliphatic carbocycles. The number of hydrogen-bond acceptors (Lipinski definition) is 2. The average Bonchev–Trinajstić information content (AvgIpc) is 2.34. The van der Waals surface area contributed by atoms with E-state index in [9.17, 15) is 31.1 Å². The summed E-state index contributed by atoms with van der Waals surface area (Å²) < 4.78 is 74.7.